The van der Waals surface area contributed by atoms with E-state index in [0.717, 1.165) is 22.8 Å². The monoisotopic (exact) mass is 307 g/mol. The molecule has 2 aromatic carbocycles. The molecular formula is C17H16F3NO. The second-order valence-corrected chi connectivity index (χ2v) is 5.20. The zero-order valence-electron chi connectivity index (χ0n) is 12.3. The molecule has 0 spiro atoms. The zero-order chi connectivity index (χ0) is 16.3. The van der Waals surface area contributed by atoms with Crippen LogP contribution >= 0.6 is 0 Å². The van der Waals surface area contributed by atoms with Crippen LogP contribution in [0.4, 0.5) is 18.9 Å². The summed E-state index contributed by atoms with van der Waals surface area (Å²) in [6.07, 6.45) is -4.46. The maximum atomic E-state index is 12.9. The number of anilines is 1. The molecule has 0 bridgehead atoms. The standard InChI is InChI=1S/C17H16F3NO/c1-11-7-8-13(12(2)9-11)10-16(22)21-15-6-4-3-5-14(15)17(18,19)20/h3-9H,10H2,1-2H3,(H,21,22). The van der Waals surface area contributed by atoms with E-state index in [-0.39, 0.29) is 12.1 Å². The van der Waals surface area contributed by atoms with Gasteiger partial charge in [-0.3, -0.25) is 4.79 Å². The summed E-state index contributed by atoms with van der Waals surface area (Å²) in [5.74, 6) is -0.469. The van der Waals surface area contributed by atoms with E-state index < -0.39 is 17.6 Å². The molecule has 2 nitrogen and oxygen atoms in total. The van der Waals surface area contributed by atoms with Gasteiger partial charge in [-0.2, -0.15) is 13.2 Å². The zero-order valence-corrected chi connectivity index (χ0v) is 12.3. The first-order valence-electron chi connectivity index (χ1n) is 6.79. The van der Waals surface area contributed by atoms with Gasteiger partial charge < -0.3 is 5.32 Å². The fraction of sp³-hybridized carbons (Fsp3) is 0.235. The minimum Gasteiger partial charge on any atom is -0.325 e. The molecule has 1 amide bonds. The van der Waals surface area contributed by atoms with E-state index in [1.807, 2.05) is 32.0 Å². The van der Waals surface area contributed by atoms with Gasteiger partial charge in [0.15, 0.2) is 0 Å². The van der Waals surface area contributed by atoms with Crippen molar-refractivity contribution in [2.24, 2.45) is 0 Å². The predicted molar refractivity (Wildman–Crippen MR) is 79.7 cm³/mol. The highest BCUT2D eigenvalue weighted by Crippen LogP contribution is 2.34. The van der Waals surface area contributed by atoms with Crippen LogP contribution < -0.4 is 5.32 Å². The van der Waals surface area contributed by atoms with Crippen molar-refractivity contribution in [2.75, 3.05) is 5.32 Å². The second kappa shape index (κ2) is 6.22. The van der Waals surface area contributed by atoms with Gasteiger partial charge in [0.05, 0.1) is 17.7 Å². The van der Waals surface area contributed by atoms with E-state index in [1.54, 1.807) is 0 Å². The maximum Gasteiger partial charge on any atom is 0.418 e. The third-order valence-electron chi connectivity index (χ3n) is 3.36. The number of nitrogens with one attached hydrogen (secondary N) is 1. The molecule has 116 valence electrons. The highest BCUT2D eigenvalue weighted by Gasteiger charge is 2.33. The first kappa shape index (κ1) is 16.1. The van der Waals surface area contributed by atoms with E-state index in [0.29, 0.717) is 0 Å². The van der Waals surface area contributed by atoms with Crippen LogP contribution in [0.3, 0.4) is 0 Å². The van der Waals surface area contributed by atoms with Crippen molar-refractivity contribution in [3.05, 3.63) is 64.7 Å². The summed E-state index contributed by atoms with van der Waals surface area (Å²) < 4.78 is 38.6. The number of hydrogen-bond donors (Lipinski definition) is 1. The van der Waals surface area contributed by atoms with Gasteiger partial charge in [-0.1, -0.05) is 35.9 Å². The summed E-state index contributed by atoms with van der Waals surface area (Å²) in [6.45, 7) is 3.82. The Bertz CT molecular complexity index is 693. The van der Waals surface area contributed by atoms with Gasteiger partial charge in [0.2, 0.25) is 5.91 Å². The lowest BCUT2D eigenvalue weighted by Crippen LogP contribution is -2.18. The molecule has 0 saturated carbocycles. The quantitative estimate of drug-likeness (QED) is 0.888. The Morgan fingerprint density at radius 2 is 1.77 bits per heavy atom. The average molecular weight is 307 g/mol. The summed E-state index contributed by atoms with van der Waals surface area (Å²) >= 11 is 0. The average Bonchev–Trinajstić information content (AvgIpc) is 2.41. The smallest absolute Gasteiger partial charge is 0.325 e. The second-order valence-electron chi connectivity index (χ2n) is 5.20. The Labute approximate surface area is 127 Å². The van der Waals surface area contributed by atoms with Gasteiger partial charge in [0, 0.05) is 0 Å². The lowest BCUT2D eigenvalue weighted by molar-refractivity contribution is -0.137. The van der Waals surface area contributed by atoms with Gasteiger partial charge in [-0.15, -0.1) is 0 Å². The van der Waals surface area contributed by atoms with Crippen LogP contribution in [0.1, 0.15) is 22.3 Å². The molecule has 0 fully saturated rings. The minimum atomic E-state index is -4.50. The van der Waals surface area contributed by atoms with E-state index >= 15 is 0 Å². The summed E-state index contributed by atoms with van der Waals surface area (Å²) in [7, 11) is 0. The molecule has 0 radical (unpaired) electrons. The van der Waals surface area contributed by atoms with Crippen LogP contribution in [0.25, 0.3) is 0 Å². The number of para-hydroxylation sites is 1. The molecule has 2 rings (SSSR count). The number of amides is 1. The van der Waals surface area contributed by atoms with Crippen molar-refractivity contribution in [1.82, 2.24) is 0 Å². The Morgan fingerprint density at radius 3 is 2.41 bits per heavy atom. The molecule has 0 heterocycles. The molecular weight excluding hydrogens is 291 g/mol. The van der Waals surface area contributed by atoms with Crippen molar-refractivity contribution < 1.29 is 18.0 Å². The van der Waals surface area contributed by atoms with Crippen molar-refractivity contribution in [2.45, 2.75) is 26.4 Å². The van der Waals surface area contributed by atoms with Gasteiger partial charge in [0.25, 0.3) is 0 Å². The third-order valence-corrected chi connectivity index (χ3v) is 3.36. The van der Waals surface area contributed by atoms with Crippen molar-refractivity contribution in [3.8, 4) is 0 Å². The Kier molecular flexibility index (Phi) is 4.54. The summed E-state index contributed by atoms with van der Waals surface area (Å²) in [5.41, 5.74) is 1.75. The Morgan fingerprint density at radius 1 is 1.09 bits per heavy atom. The molecule has 0 aromatic heterocycles. The lowest BCUT2D eigenvalue weighted by Gasteiger charge is -2.14. The highest BCUT2D eigenvalue weighted by molar-refractivity contribution is 5.93. The summed E-state index contributed by atoms with van der Waals surface area (Å²) in [5, 5.41) is 2.35. The number of alkyl halides is 3. The van der Waals surface area contributed by atoms with Gasteiger partial charge in [0.1, 0.15) is 0 Å². The molecule has 0 saturated heterocycles. The fourth-order valence-electron chi connectivity index (χ4n) is 2.25. The topological polar surface area (TPSA) is 29.1 Å². The first-order chi connectivity index (χ1) is 10.3. The van der Waals surface area contributed by atoms with E-state index in [2.05, 4.69) is 5.32 Å². The summed E-state index contributed by atoms with van der Waals surface area (Å²) in [4.78, 5) is 12.0. The Balaban J connectivity index is 2.16. The van der Waals surface area contributed by atoms with E-state index in [4.69, 9.17) is 0 Å². The number of carbonyl (C=O) groups is 1. The van der Waals surface area contributed by atoms with Crippen LogP contribution in [0.15, 0.2) is 42.5 Å². The number of rotatable bonds is 3. The van der Waals surface area contributed by atoms with Gasteiger partial charge >= 0.3 is 6.18 Å². The van der Waals surface area contributed by atoms with Crippen molar-refractivity contribution >= 4 is 11.6 Å². The molecule has 2 aromatic rings. The molecule has 0 aliphatic carbocycles. The van der Waals surface area contributed by atoms with Crippen molar-refractivity contribution in [1.29, 1.82) is 0 Å². The largest absolute Gasteiger partial charge is 0.418 e. The van der Waals surface area contributed by atoms with Gasteiger partial charge in [-0.05, 0) is 37.1 Å². The number of benzene rings is 2. The molecule has 0 unspecified atom stereocenters. The third kappa shape index (κ3) is 3.87. The highest BCUT2D eigenvalue weighted by atomic mass is 19.4. The van der Waals surface area contributed by atoms with Crippen LogP contribution in [-0.2, 0) is 17.4 Å². The Hall–Kier alpha value is -2.30. The molecule has 1 N–H and O–H groups in total. The number of halogens is 3. The molecule has 0 atom stereocenters. The van der Waals surface area contributed by atoms with Crippen LogP contribution in [0.2, 0.25) is 0 Å². The molecule has 5 heteroatoms. The van der Waals surface area contributed by atoms with Crippen molar-refractivity contribution in [3.63, 3.8) is 0 Å². The van der Waals surface area contributed by atoms with E-state index in [9.17, 15) is 18.0 Å². The lowest BCUT2D eigenvalue weighted by atomic mass is 10.0. The molecule has 22 heavy (non-hydrogen) atoms. The SMILES string of the molecule is Cc1ccc(CC(=O)Nc2ccccc2C(F)(F)F)c(C)c1. The number of hydrogen-bond acceptors (Lipinski definition) is 1. The molecule has 0 aliphatic rings. The van der Waals surface area contributed by atoms with Gasteiger partial charge in [-0.25, -0.2) is 0 Å². The molecule has 0 aliphatic heterocycles. The fourth-order valence-corrected chi connectivity index (χ4v) is 2.25. The number of aryl methyl sites for hydroxylation is 2. The van der Waals surface area contributed by atoms with Crippen LogP contribution in [0.5, 0.6) is 0 Å². The predicted octanol–water partition coefficient (Wildman–Crippen LogP) is 4.50. The van der Waals surface area contributed by atoms with Crippen LogP contribution in [0, 0.1) is 13.8 Å². The minimum absolute atomic E-state index is 0.0400. The van der Waals surface area contributed by atoms with E-state index in [1.165, 1.54) is 18.2 Å². The normalized spacial score (nSPS) is 11.3. The summed E-state index contributed by atoms with van der Waals surface area (Å²) in [6, 6.07) is 10.6. The van der Waals surface area contributed by atoms with Crippen LogP contribution in [-0.4, -0.2) is 5.91 Å². The maximum absolute atomic E-state index is 12.9. The number of carbonyl (C=O) groups excluding carboxylic acids is 1. The first-order valence-corrected chi connectivity index (χ1v) is 6.79.